The summed E-state index contributed by atoms with van der Waals surface area (Å²) in [5.74, 6) is -0.0734. The summed E-state index contributed by atoms with van der Waals surface area (Å²) in [5.41, 5.74) is 5.75. The van der Waals surface area contributed by atoms with Crippen LogP contribution in [0.25, 0.3) is 0 Å². The van der Waals surface area contributed by atoms with Gasteiger partial charge in [0.1, 0.15) is 11.6 Å². The van der Waals surface area contributed by atoms with Crippen molar-refractivity contribution in [1.29, 1.82) is 0 Å². The van der Waals surface area contributed by atoms with E-state index in [9.17, 15) is 9.18 Å². The van der Waals surface area contributed by atoms with Gasteiger partial charge in [0.05, 0.1) is 12.8 Å². The molecular weight excluding hydrogens is 247 g/mol. The minimum absolute atomic E-state index is 0.126. The molecule has 0 saturated carbocycles. The summed E-state index contributed by atoms with van der Waals surface area (Å²) in [7, 11) is 3.09. The van der Waals surface area contributed by atoms with Crippen LogP contribution in [0.1, 0.15) is 20.3 Å². The Kier molecular flexibility index (Phi) is 4.89. The van der Waals surface area contributed by atoms with Gasteiger partial charge in [0.2, 0.25) is 5.91 Å². The zero-order valence-corrected chi connectivity index (χ0v) is 11.9. The van der Waals surface area contributed by atoms with E-state index >= 15 is 0 Å². The van der Waals surface area contributed by atoms with Crippen molar-refractivity contribution in [3.05, 3.63) is 24.0 Å². The van der Waals surface area contributed by atoms with Crippen molar-refractivity contribution >= 4 is 11.6 Å². The monoisotopic (exact) mass is 268 g/mol. The second-order valence-electron chi connectivity index (χ2n) is 5.31. The van der Waals surface area contributed by atoms with Crippen molar-refractivity contribution in [2.24, 2.45) is 11.1 Å². The summed E-state index contributed by atoms with van der Waals surface area (Å²) in [6.45, 7) is 4.25. The predicted molar refractivity (Wildman–Crippen MR) is 73.8 cm³/mol. The Bertz CT molecular complexity index is 461. The number of hydrogen-bond acceptors (Lipinski definition) is 3. The smallest absolute Gasteiger partial charge is 0.227 e. The van der Waals surface area contributed by atoms with Crippen LogP contribution in [0.3, 0.4) is 0 Å². The van der Waals surface area contributed by atoms with Crippen LogP contribution in [0.4, 0.5) is 10.1 Å². The van der Waals surface area contributed by atoms with Gasteiger partial charge in [-0.3, -0.25) is 4.79 Å². The summed E-state index contributed by atoms with van der Waals surface area (Å²) in [5, 5.41) is 0. The Hall–Kier alpha value is -1.62. The molecule has 0 aliphatic heterocycles. The summed E-state index contributed by atoms with van der Waals surface area (Å²) < 4.78 is 18.4. The van der Waals surface area contributed by atoms with Gasteiger partial charge in [-0.15, -0.1) is 0 Å². The van der Waals surface area contributed by atoms with E-state index in [4.69, 9.17) is 10.5 Å². The number of benzene rings is 1. The van der Waals surface area contributed by atoms with Gasteiger partial charge in [-0.1, -0.05) is 13.8 Å². The summed E-state index contributed by atoms with van der Waals surface area (Å²) in [6, 6.07) is 4.08. The Balaban J connectivity index is 2.96. The number of carbonyl (C=O) groups excluding carboxylic acids is 1. The lowest BCUT2D eigenvalue weighted by atomic mass is 9.89. The molecule has 0 aliphatic carbocycles. The Labute approximate surface area is 113 Å². The van der Waals surface area contributed by atoms with Crippen molar-refractivity contribution < 1.29 is 13.9 Å². The zero-order chi connectivity index (χ0) is 14.6. The van der Waals surface area contributed by atoms with E-state index in [1.807, 2.05) is 13.8 Å². The average molecular weight is 268 g/mol. The van der Waals surface area contributed by atoms with Crippen LogP contribution in [0.5, 0.6) is 5.75 Å². The molecule has 5 heteroatoms. The van der Waals surface area contributed by atoms with E-state index in [2.05, 4.69) is 0 Å². The number of halogens is 1. The van der Waals surface area contributed by atoms with Crippen LogP contribution in [-0.2, 0) is 4.79 Å². The fourth-order valence-corrected chi connectivity index (χ4v) is 1.66. The Morgan fingerprint density at radius 3 is 2.63 bits per heavy atom. The van der Waals surface area contributed by atoms with Gasteiger partial charge in [-0.25, -0.2) is 4.39 Å². The molecule has 0 radical (unpaired) electrons. The van der Waals surface area contributed by atoms with E-state index in [0.29, 0.717) is 24.4 Å². The molecule has 106 valence electrons. The zero-order valence-electron chi connectivity index (χ0n) is 11.9. The first-order chi connectivity index (χ1) is 8.80. The molecule has 0 aromatic heterocycles. The first kappa shape index (κ1) is 15.4. The topological polar surface area (TPSA) is 55.6 Å². The maximum Gasteiger partial charge on any atom is 0.227 e. The molecule has 0 saturated heterocycles. The van der Waals surface area contributed by atoms with E-state index < -0.39 is 5.82 Å². The maximum absolute atomic E-state index is 13.3. The molecule has 1 amide bonds. The van der Waals surface area contributed by atoms with E-state index in [-0.39, 0.29) is 11.3 Å². The van der Waals surface area contributed by atoms with Gasteiger partial charge < -0.3 is 15.4 Å². The molecule has 0 spiro atoms. The lowest BCUT2D eigenvalue weighted by molar-refractivity contribution is -0.120. The Morgan fingerprint density at radius 2 is 2.11 bits per heavy atom. The van der Waals surface area contributed by atoms with Crippen molar-refractivity contribution in [3.8, 4) is 5.75 Å². The standard InChI is InChI=1S/C14H21FN2O2/c1-14(2,9-16)8-13(18)17(3)11-7-10(15)5-6-12(11)19-4/h5-7H,8-9,16H2,1-4H3. The second-order valence-corrected chi connectivity index (χ2v) is 5.31. The highest BCUT2D eigenvalue weighted by atomic mass is 19.1. The van der Waals surface area contributed by atoms with Crippen molar-refractivity contribution in [2.75, 3.05) is 25.6 Å². The summed E-state index contributed by atoms with van der Waals surface area (Å²) in [4.78, 5) is 13.6. The van der Waals surface area contributed by atoms with Crippen LogP contribution < -0.4 is 15.4 Å². The molecule has 4 nitrogen and oxygen atoms in total. The van der Waals surface area contributed by atoms with E-state index in [1.54, 1.807) is 7.05 Å². The van der Waals surface area contributed by atoms with Crippen LogP contribution in [0, 0.1) is 11.2 Å². The molecule has 0 heterocycles. The summed E-state index contributed by atoms with van der Waals surface area (Å²) in [6.07, 6.45) is 0.291. The highest BCUT2D eigenvalue weighted by molar-refractivity contribution is 5.94. The molecule has 19 heavy (non-hydrogen) atoms. The van der Waals surface area contributed by atoms with Crippen molar-refractivity contribution in [2.45, 2.75) is 20.3 Å². The molecule has 1 aromatic carbocycles. The van der Waals surface area contributed by atoms with Crippen LogP contribution in [0.2, 0.25) is 0 Å². The van der Waals surface area contributed by atoms with Crippen LogP contribution in [-0.4, -0.2) is 26.6 Å². The van der Waals surface area contributed by atoms with Gasteiger partial charge in [0.25, 0.3) is 0 Å². The molecule has 0 atom stereocenters. The van der Waals surface area contributed by atoms with Crippen LogP contribution in [0.15, 0.2) is 18.2 Å². The van der Waals surface area contributed by atoms with E-state index in [0.717, 1.165) is 0 Å². The fraction of sp³-hybridized carbons (Fsp3) is 0.500. The molecule has 0 fully saturated rings. The second kappa shape index (κ2) is 6.02. The normalized spacial score (nSPS) is 11.3. The first-order valence-corrected chi connectivity index (χ1v) is 6.11. The van der Waals surface area contributed by atoms with Gasteiger partial charge in [-0.2, -0.15) is 0 Å². The van der Waals surface area contributed by atoms with Gasteiger partial charge >= 0.3 is 0 Å². The third-order valence-electron chi connectivity index (χ3n) is 3.06. The number of ether oxygens (including phenoxy) is 1. The molecular formula is C14H21FN2O2. The molecule has 0 bridgehead atoms. The molecule has 0 unspecified atom stereocenters. The quantitative estimate of drug-likeness (QED) is 0.890. The summed E-state index contributed by atoms with van der Waals surface area (Å²) >= 11 is 0. The van der Waals surface area contributed by atoms with Gasteiger partial charge in [0, 0.05) is 19.5 Å². The van der Waals surface area contributed by atoms with Crippen LogP contribution >= 0.6 is 0 Å². The minimum atomic E-state index is -0.409. The lowest BCUT2D eigenvalue weighted by Crippen LogP contribution is -2.34. The maximum atomic E-state index is 13.3. The average Bonchev–Trinajstić information content (AvgIpc) is 2.37. The molecule has 1 rings (SSSR count). The number of methoxy groups -OCH3 is 1. The van der Waals surface area contributed by atoms with Crippen molar-refractivity contribution in [1.82, 2.24) is 0 Å². The number of rotatable bonds is 5. The highest BCUT2D eigenvalue weighted by Crippen LogP contribution is 2.30. The molecule has 0 aliphatic rings. The Morgan fingerprint density at radius 1 is 1.47 bits per heavy atom. The number of nitrogens with zero attached hydrogens (tertiary/aromatic N) is 1. The molecule has 2 N–H and O–H groups in total. The lowest BCUT2D eigenvalue weighted by Gasteiger charge is -2.26. The first-order valence-electron chi connectivity index (χ1n) is 6.11. The van der Waals surface area contributed by atoms with Crippen molar-refractivity contribution in [3.63, 3.8) is 0 Å². The van der Waals surface area contributed by atoms with Gasteiger partial charge in [-0.05, 0) is 24.1 Å². The minimum Gasteiger partial charge on any atom is -0.495 e. The van der Waals surface area contributed by atoms with Gasteiger partial charge in [0.15, 0.2) is 0 Å². The largest absolute Gasteiger partial charge is 0.495 e. The third kappa shape index (κ3) is 3.92. The fourth-order valence-electron chi connectivity index (χ4n) is 1.66. The number of carbonyl (C=O) groups is 1. The number of amides is 1. The predicted octanol–water partition coefficient (Wildman–Crippen LogP) is 2.17. The third-order valence-corrected chi connectivity index (χ3v) is 3.06. The SMILES string of the molecule is COc1ccc(F)cc1N(C)C(=O)CC(C)(C)CN. The number of nitrogens with two attached hydrogens (primary N) is 1. The highest BCUT2D eigenvalue weighted by Gasteiger charge is 2.24. The van der Waals surface area contributed by atoms with E-state index in [1.165, 1.54) is 30.2 Å². The number of anilines is 1. The number of hydrogen-bond donors (Lipinski definition) is 1. The molecule has 1 aromatic rings.